The fourth-order valence-electron chi connectivity index (χ4n) is 0.747. The molecule has 0 bridgehead atoms. The highest BCUT2D eigenvalue weighted by Crippen LogP contribution is 2.24. The van der Waals surface area contributed by atoms with E-state index in [0.29, 0.717) is 0 Å². The van der Waals surface area contributed by atoms with Crippen molar-refractivity contribution in [2.75, 3.05) is 0 Å². The van der Waals surface area contributed by atoms with Crippen molar-refractivity contribution in [1.29, 1.82) is 0 Å². The molecule has 1 aromatic heterocycles. The minimum atomic E-state index is -0.541. The minimum Gasteiger partial charge on any atom is -0.383 e. The summed E-state index contributed by atoms with van der Waals surface area (Å²) < 4.78 is 0. The highest BCUT2D eigenvalue weighted by Gasteiger charge is 2.09. The Hall–Kier alpha value is -0.670. The van der Waals surface area contributed by atoms with Crippen LogP contribution < -0.4 is 0 Å². The number of aryl methyl sites for hydroxylation is 1. The van der Waals surface area contributed by atoms with Gasteiger partial charge in [-0.05, 0) is 19.4 Å². The summed E-state index contributed by atoms with van der Waals surface area (Å²) in [6.45, 7) is 7.39. The first-order chi connectivity index (χ1) is 5.11. The molecule has 0 aromatic carbocycles. The van der Waals surface area contributed by atoms with Crippen molar-refractivity contribution in [2.45, 2.75) is 20.0 Å². The van der Waals surface area contributed by atoms with Gasteiger partial charge in [0.2, 0.25) is 0 Å². The number of nitrogens with zero attached hydrogens (tertiary/aromatic N) is 1. The SMILES string of the molecule is C=C(C)C(O)c1cnc(C)s1. The van der Waals surface area contributed by atoms with Crippen LogP contribution in [0.4, 0.5) is 0 Å². The van der Waals surface area contributed by atoms with Crippen molar-refractivity contribution >= 4 is 11.3 Å². The van der Waals surface area contributed by atoms with Crippen LogP contribution in [0.2, 0.25) is 0 Å². The Kier molecular flexibility index (Phi) is 2.42. The first kappa shape index (κ1) is 8.43. The molecule has 0 amide bonds. The maximum Gasteiger partial charge on any atom is 0.110 e. The first-order valence-electron chi connectivity index (χ1n) is 3.37. The molecule has 0 fully saturated rings. The Morgan fingerprint density at radius 2 is 2.45 bits per heavy atom. The van der Waals surface area contributed by atoms with Gasteiger partial charge in [-0.2, -0.15) is 0 Å². The van der Waals surface area contributed by atoms with E-state index in [1.54, 1.807) is 13.1 Å². The molecule has 0 saturated carbocycles. The molecular weight excluding hydrogens is 158 g/mol. The Labute approximate surface area is 70.2 Å². The third kappa shape index (κ3) is 1.88. The summed E-state index contributed by atoms with van der Waals surface area (Å²) in [5.74, 6) is 0. The number of aliphatic hydroxyl groups is 1. The number of aliphatic hydroxyl groups excluding tert-OH is 1. The molecule has 1 N–H and O–H groups in total. The van der Waals surface area contributed by atoms with Crippen LogP contribution in [-0.2, 0) is 0 Å². The fraction of sp³-hybridized carbons (Fsp3) is 0.375. The van der Waals surface area contributed by atoms with Gasteiger partial charge in [-0.15, -0.1) is 11.3 Å². The number of aromatic nitrogens is 1. The molecule has 1 unspecified atom stereocenters. The molecule has 1 aromatic rings. The zero-order valence-corrected chi connectivity index (χ0v) is 7.48. The van der Waals surface area contributed by atoms with E-state index in [1.165, 1.54) is 11.3 Å². The highest BCUT2D eigenvalue weighted by atomic mass is 32.1. The van der Waals surface area contributed by atoms with E-state index in [0.717, 1.165) is 15.5 Å². The van der Waals surface area contributed by atoms with E-state index in [9.17, 15) is 5.11 Å². The van der Waals surface area contributed by atoms with E-state index >= 15 is 0 Å². The lowest BCUT2D eigenvalue weighted by Crippen LogP contribution is -1.93. The second-order valence-corrected chi connectivity index (χ2v) is 3.80. The molecule has 3 heteroatoms. The van der Waals surface area contributed by atoms with Crippen LogP contribution in [0.15, 0.2) is 18.3 Å². The maximum absolute atomic E-state index is 9.48. The van der Waals surface area contributed by atoms with Gasteiger partial charge in [-0.3, -0.25) is 0 Å². The Morgan fingerprint density at radius 3 is 2.82 bits per heavy atom. The summed E-state index contributed by atoms with van der Waals surface area (Å²) in [5, 5.41) is 10.5. The van der Waals surface area contributed by atoms with E-state index in [-0.39, 0.29) is 0 Å². The zero-order valence-electron chi connectivity index (χ0n) is 6.66. The number of rotatable bonds is 2. The molecule has 0 spiro atoms. The molecule has 0 aliphatic rings. The van der Waals surface area contributed by atoms with Crippen LogP contribution in [0.5, 0.6) is 0 Å². The molecule has 1 atom stereocenters. The molecule has 1 rings (SSSR count). The molecule has 0 radical (unpaired) electrons. The van der Waals surface area contributed by atoms with Gasteiger partial charge in [-0.1, -0.05) is 6.58 Å². The largest absolute Gasteiger partial charge is 0.383 e. The first-order valence-corrected chi connectivity index (χ1v) is 4.18. The van der Waals surface area contributed by atoms with E-state index < -0.39 is 6.10 Å². The van der Waals surface area contributed by atoms with Crippen molar-refractivity contribution in [2.24, 2.45) is 0 Å². The van der Waals surface area contributed by atoms with E-state index in [4.69, 9.17) is 0 Å². The monoisotopic (exact) mass is 169 g/mol. The lowest BCUT2D eigenvalue weighted by Gasteiger charge is -2.04. The van der Waals surface area contributed by atoms with Crippen molar-refractivity contribution in [1.82, 2.24) is 4.98 Å². The summed E-state index contributed by atoms with van der Waals surface area (Å²) in [6.07, 6.45) is 1.15. The average Bonchev–Trinajstić information content (AvgIpc) is 2.34. The molecule has 0 aliphatic carbocycles. The van der Waals surface area contributed by atoms with Crippen LogP contribution in [0.25, 0.3) is 0 Å². The summed E-state index contributed by atoms with van der Waals surface area (Å²) in [7, 11) is 0. The Bertz CT molecular complexity index is 267. The van der Waals surface area contributed by atoms with Crippen molar-refractivity contribution in [3.8, 4) is 0 Å². The quantitative estimate of drug-likeness (QED) is 0.687. The lowest BCUT2D eigenvalue weighted by atomic mass is 10.2. The molecule has 11 heavy (non-hydrogen) atoms. The van der Waals surface area contributed by atoms with Gasteiger partial charge in [0.1, 0.15) is 6.10 Å². The molecule has 2 nitrogen and oxygen atoms in total. The lowest BCUT2D eigenvalue weighted by molar-refractivity contribution is 0.220. The summed E-state index contributed by atoms with van der Waals surface area (Å²) in [4.78, 5) is 4.91. The summed E-state index contributed by atoms with van der Waals surface area (Å²) >= 11 is 1.50. The third-order valence-corrected chi connectivity index (χ3v) is 2.34. The van der Waals surface area contributed by atoms with Crippen molar-refractivity contribution in [3.05, 3.63) is 28.2 Å². The van der Waals surface area contributed by atoms with Gasteiger partial charge < -0.3 is 5.11 Å². The van der Waals surface area contributed by atoms with Crippen LogP contribution in [0.3, 0.4) is 0 Å². The smallest absolute Gasteiger partial charge is 0.110 e. The van der Waals surface area contributed by atoms with Crippen LogP contribution in [0, 0.1) is 6.92 Å². The third-order valence-electron chi connectivity index (χ3n) is 1.38. The summed E-state index contributed by atoms with van der Waals surface area (Å²) in [5.41, 5.74) is 0.758. The number of hydrogen-bond donors (Lipinski definition) is 1. The van der Waals surface area contributed by atoms with Crippen LogP contribution in [-0.4, -0.2) is 10.1 Å². The van der Waals surface area contributed by atoms with Gasteiger partial charge >= 0.3 is 0 Å². The minimum absolute atomic E-state index is 0.541. The fourth-order valence-corrected chi connectivity index (χ4v) is 1.61. The molecule has 0 aliphatic heterocycles. The predicted octanol–water partition coefficient (Wildman–Crippen LogP) is 2.06. The van der Waals surface area contributed by atoms with E-state index in [1.807, 2.05) is 6.92 Å². The highest BCUT2D eigenvalue weighted by molar-refractivity contribution is 7.11. The second kappa shape index (κ2) is 3.15. The predicted molar refractivity (Wildman–Crippen MR) is 46.6 cm³/mol. The molecular formula is C8H11NOS. The Balaban J connectivity index is 2.84. The topological polar surface area (TPSA) is 33.1 Å². The van der Waals surface area contributed by atoms with Gasteiger partial charge in [0.15, 0.2) is 0 Å². The van der Waals surface area contributed by atoms with Crippen molar-refractivity contribution < 1.29 is 5.11 Å². The number of hydrogen-bond acceptors (Lipinski definition) is 3. The maximum atomic E-state index is 9.48. The van der Waals surface area contributed by atoms with Gasteiger partial charge in [-0.25, -0.2) is 4.98 Å². The molecule has 60 valence electrons. The molecule has 1 heterocycles. The van der Waals surface area contributed by atoms with Gasteiger partial charge in [0.25, 0.3) is 0 Å². The summed E-state index contributed by atoms with van der Waals surface area (Å²) in [6, 6.07) is 0. The standard InChI is InChI=1S/C8H11NOS/c1-5(2)8(10)7-4-9-6(3)11-7/h4,8,10H,1H2,2-3H3. The zero-order chi connectivity index (χ0) is 8.43. The van der Waals surface area contributed by atoms with Crippen LogP contribution >= 0.6 is 11.3 Å². The normalized spacial score (nSPS) is 13.0. The Morgan fingerprint density at radius 1 is 1.82 bits per heavy atom. The van der Waals surface area contributed by atoms with Gasteiger partial charge in [0, 0.05) is 6.20 Å². The number of thiazole rings is 1. The van der Waals surface area contributed by atoms with Crippen LogP contribution in [0.1, 0.15) is 22.9 Å². The van der Waals surface area contributed by atoms with Crippen molar-refractivity contribution in [3.63, 3.8) is 0 Å². The second-order valence-electron chi connectivity index (χ2n) is 2.53. The van der Waals surface area contributed by atoms with E-state index in [2.05, 4.69) is 11.6 Å². The van der Waals surface area contributed by atoms with Gasteiger partial charge in [0.05, 0.1) is 9.88 Å². The molecule has 0 saturated heterocycles. The average molecular weight is 169 g/mol.